The number of aromatic amines is 1. The highest BCUT2D eigenvalue weighted by molar-refractivity contribution is 5.78. The van der Waals surface area contributed by atoms with Crippen LogP contribution in [-0.4, -0.2) is 30.4 Å². The van der Waals surface area contributed by atoms with Crippen molar-refractivity contribution in [2.24, 2.45) is 5.73 Å². The van der Waals surface area contributed by atoms with Gasteiger partial charge in [0.2, 0.25) is 0 Å². The molecule has 0 saturated heterocycles. The number of hydrogen-bond donors (Lipinski definition) is 3. The van der Waals surface area contributed by atoms with Crippen LogP contribution in [0.2, 0.25) is 0 Å². The number of para-hydroxylation sites is 1. The van der Waals surface area contributed by atoms with Gasteiger partial charge >= 0.3 is 0 Å². The molecule has 4 N–H and O–H groups in total. The third kappa shape index (κ3) is 2.62. The topological polar surface area (TPSA) is 76.0 Å². The molecule has 0 aliphatic rings. The molecule has 96 valence electrons. The third-order valence-electron chi connectivity index (χ3n) is 2.71. The highest BCUT2D eigenvalue weighted by atomic mass is 16.5. The van der Waals surface area contributed by atoms with Gasteiger partial charge in [-0.05, 0) is 25.1 Å². The zero-order chi connectivity index (χ0) is 12.8. The van der Waals surface area contributed by atoms with E-state index in [1.54, 1.807) is 13.3 Å². The van der Waals surface area contributed by atoms with Crippen LogP contribution in [-0.2, 0) is 0 Å². The average Bonchev–Trinajstić information content (AvgIpc) is 2.87. The summed E-state index contributed by atoms with van der Waals surface area (Å²) >= 11 is 0. The molecule has 1 heterocycles. The van der Waals surface area contributed by atoms with Gasteiger partial charge in [-0.3, -0.25) is 5.10 Å². The second-order valence-corrected chi connectivity index (χ2v) is 3.93. The van der Waals surface area contributed by atoms with E-state index in [0.29, 0.717) is 6.54 Å². The normalized spacial score (nSPS) is 10.3. The van der Waals surface area contributed by atoms with Crippen LogP contribution in [0.15, 0.2) is 30.5 Å². The molecule has 5 heteroatoms. The van der Waals surface area contributed by atoms with E-state index in [1.807, 2.05) is 24.3 Å². The Bertz CT molecular complexity index is 495. The average molecular weight is 246 g/mol. The van der Waals surface area contributed by atoms with E-state index in [-0.39, 0.29) is 0 Å². The maximum absolute atomic E-state index is 5.48. The number of nitrogens with one attached hydrogen (secondary N) is 2. The molecule has 0 radical (unpaired) electrons. The van der Waals surface area contributed by atoms with Gasteiger partial charge in [0, 0.05) is 12.1 Å². The smallest absolute Gasteiger partial charge is 0.128 e. The minimum absolute atomic E-state index is 0.675. The summed E-state index contributed by atoms with van der Waals surface area (Å²) in [5, 5.41) is 10.4. The van der Waals surface area contributed by atoms with Crippen LogP contribution >= 0.6 is 0 Å². The van der Waals surface area contributed by atoms with Crippen LogP contribution in [0, 0.1) is 0 Å². The Hall–Kier alpha value is -2.01. The Balaban J connectivity index is 2.25. The SMILES string of the molecule is COc1ccccc1-c1[nH]ncc1NCCCN. The van der Waals surface area contributed by atoms with Crippen molar-refractivity contribution >= 4 is 5.69 Å². The number of hydrogen-bond acceptors (Lipinski definition) is 4. The molecule has 0 amide bonds. The van der Waals surface area contributed by atoms with Crippen molar-refractivity contribution < 1.29 is 4.74 Å². The zero-order valence-corrected chi connectivity index (χ0v) is 10.4. The fourth-order valence-electron chi connectivity index (χ4n) is 1.80. The van der Waals surface area contributed by atoms with E-state index >= 15 is 0 Å². The Morgan fingerprint density at radius 1 is 1.39 bits per heavy atom. The van der Waals surface area contributed by atoms with Crippen molar-refractivity contribution in [2.45, 2.75) is 6.42 Å². The Morgan fingerprint density at radius 2 is 2.22 bits per heavy atom. The first-order chi connectivity index (χ1) is 8.86. The molecule has 18 heavy (non-hydrogen) atoms. The summed E-state index contributed by atoms with van der Waals surface area (Å²) in [4.78, 5) is 0. The minimum Gasteiger partial charge on any atom is -0.496 e. The molecule has 0 aliphatic heterocycles. The molecule has 0 fully saturated rings. The number of benzene rings is 1. The maximum atomic E-state index is 5.48. The molecule has 1 aromatic heterocycles. The molecule has 5 nitrogen and oxygen atoms in total. The lowest BCUT2D eigenvalue weighted by Crippen LogP contribution is -2.08. The highest BCUT2D eigenvalue weighted by Gasteiger charge is 2.11. The first-order valence-corrected chi connectivity index (χ1v) is 5.97. The van der Waals surface area contributed by atoms with Crippen LogP contribution < -0.4 is 15.8 Å². The third-order valence-corrected chi connectivity index (χ3v) is 2.71. The van der Waals surface area contributed by atoms with Crippen molar-refractivity contribution in [3.8, 4) is 17.0 Å². The summed E-state index contributed by atoms with van der Waals surface area (Å²) in [5.41, 5.74) is 8.37. The number of methoxy groups -OCH3 is 1. The Kier molecular flexibility index (Phi) is 4.20. The summed E-state index contributed by atoms with van der Waals surface area (Å²) in [6, 6.07) is 7.85. The van der Waals surface area contributed by atoms with E-state index in [0.717, 1.165) is 35.7 Å². The van der Waals surface area contributed by atoms with Crippen molar-refractivity contribution in [1.29, 1.82) is 0 Å². The van der Waals surface area contributed by atoms with E-state index < -0.39 is 0 Å². The number of H-pyrrole nitrogens is 1. The molecule has 0 aliphatic carbocycles. The molecule has 0 saturated carbocycles. The van der Waals surface area contributed by atoms with Crippen LogP contribution in [0.25, 0.3) is 11.3 Å². The number of ether oxygens (including phenoxy) is 1. The van der Waals surface area contributed by atoms with Gasteiger partial charge in [0.1, 0.15) is 5.75 Å². The molecule has 1 aromatic carbocycles. The lowest BCUT2D eigenvalue weighted by atomic mass is 10.1. The van der Waals surface area contributed by atoms with Crippen molar-refractivity contribution in [3.63, 3.8) is 0 Å². The Labute approximate surface area is 106 Å². The lowest BCUT2D eigenvalue weighted by Gasteiger charge is -2.09. The molecule has 0 atom stereocenters. The standard InChI is InChI=1S/C13H18N4O/c1-18-12-6-3-2-5-10(12)13-11(9-16-17-13)15-8-4-7-14/h2-3,5-6,9,15H,4,7-8,14H2,1H3,(H,16,17). The predicted molar refractivity (Wildman–Crippen MR) is 72.7 cm³/mol. The van der Waals surface area contributed by atoms with Crippen molar-refractivity contribution in [1.82, 2.24) is 10.2 Å². The fourth-order valence-corrected chi connectivity index (χ4v) is 1.80. The zero-order valence-electron chi connectivity index (χ0n) is 10.4. The summed E-state index contributed by atoms with van der Waals surface area (Å²) < 4.78 is 5.35. The van der Waals surface area contributed by atoms with Crippen LogP contribution in [0.3, 0.4) is 0 Å². The quantitative estimate of drug-likeness (QED) is 0.680. The molecule has 2 rings (SSSR count). The molecule has 0 bridgehead atoms. The number of aromatic nitrogens is 2. The van der Waals surface area contributed by atoms with Gasteiger partial charge < -0.3 is 15.8 Å². The first-order valence-electron chi connectivity index (χ1n) is 5.97. The molecule has 0 spiro atoms. The molecule has 2 aromatic rings. The van der Waals surface area contributed by atoms with Crippen LogP contribution in [0.4, 0.5) is 5.69 Å². The molecule has 0 unspecified atom stereocenters. The first kappa shape index (κ1) is 12.4. The van der Waals surface area contributed by atoms with Gasteiger partial charge in [0.15, 0.2) is 0 Å². The monoisotopic (exact) mass is 246 g/mol. The number of nitrogens with zero attached hydrogens (tertiary/aromatic N) is 1. The van der Waals surface area contributed by atoms with Crippen molar-refractivity contribution in [2.75, 3.05) is 25.5 Å². The Morgan fingerprint density at radius 3 is 3.00 bits per heavy atom. The van der Waals surface area contributed by atoms with Gasteiger partial charge in [-0.25, -0.2) is 0 Å². The molecular weight excluding hydrogens is 228 g/mol. The van der Waals surface area contributed by atoms with Gasteiger partial charge in [-0.2, -0.15) is 5.10 Å². The summed E-state index contributed by atoms with van der Waals surface area (Å²) in [7, 11) is 1.66. The summed E-state index contributed by atoms with van der Waals surface area (Å²) in [5.74, 6) is 0.823. The van der Waals surface area contributed by atoms with Gasteiger partial charge in [-0.1, -0.05) is 12.1 Å². The maximum Gasteiger partial charge on any atom is 0.128 e. The predicted octanol–water partition coefficient (Wildman–Crippen LogP) is 1.85. The van der Waals surface area contributed by atoms with Gasteiger partial charge in [-0.15, -0.1) is 0 Å². The van der Waals surface area contributed by atoms with Gasteiger partial charge in [0.05, 0.1) is 24.7 Å². The van der Waals surface area contributed by atoms with E-state index in [4.69, 9.17) is 10.5 Å². The number of rotatable bonds is 6. The van der Waals surface area contributed by atoms with E-state index in [1.165, 1.54) is 0 Å². The second kappa shape index (κ2) is 6.07. The van der Waals surface area contributed by atoms with Gasteiger partial charge in [0.25, 0.3) is 0 Å². The highest BCUT2D eigenvalue weighted by Crippen LogP contribution is 2.32. The molecular formula is C13H18N4O. The fraction of sp³-hybridized carbons (Fsp3) is 0.308. The van der Waals surface area contributed by atoms with E-state index in [9.17, 15) is 0 Å². The summed E-state index contributed by atoms with van der Waals surface area (Å²) in [6.07, 6.45) is 2.70. The second-order valence-electron chi connectivity index (χ2n) is 3.93. The van der Waals surface area contributed by atoms with Crippen LogP contribution in [0.5, 0.6) is 5.75 Å². The van der Waals surface area contributed by atoms with E-state index in [2.05, 4.69) is 15.5 Å². The largest absolute Gasteiger partial charge is 0.496 e. The lowest BCUT2D eigenvalue weighted by molar-refractivity contribution is 0.416. The summed E-state index contributed by atoms with van der Waals surface area (Å²) in [6.45, 7) is 1.51. The van der Waals surface area contributed by atoms with Crippen LogP contribution in [0.1, 0.15) is 6.42 Å². The number of anilines is 1. The number of nitrogens with two attached hydrogens (primary N) is 1. The minimum atomic E-state index is 0.675. The van der Waals surface area contributed by atoms with Crippen molar-refractivity contribution in [3.05, 3.63) is 30.5 Å².